The zero-order valence-electron chi connectivity index (χ0n) is 30.8. The van der Waals surface area contributed by atoms with Crippen molar-refractivity contribution in [3.63, 3.8) is 0 Å². The molecule has 3 atom stereocenters. The molecule has 2 heterocycles. The molecule has 2 rings (SSSR count). The summed E-state index contributed by atoms with van der Waals surface area (Å²) in [7, 11) is 2.48. The highest BCUT2D eigenvalue weighted by molar-refractivity contribution is 5.76. The van der Waals surface area contributed by atoms with Gasteiger partial charge in [-0.05, 0) is 18.2 Å². The van der Waals surface area contributed by atoms with Crippen LogP contribution in [0.1, 0.15) is 55.8 Å². The highest BCUT2D eigenvalue weighted by atomic mass is 16.6. The van der Waals surface area contributed by atoms with Gasteiger partial charge in [0.15, 0.2) is 12.6 Å². The van der Waals surface area contributed by atoms with E-state index >= 15 is 0 Å². The van der Waals surface area contributed by atoms with E-state index in [2.05, 4.69) is 14.7 Å². The van der Waals surface area contributed by atoms with E-state index in [1.165, 1.54) is 14.1 Å². The Kier molecular flexibility index (Phi) is 3.08. The molecule has 2 unspecified atom stereocenters. The maximum Gasteiger partial charge on any atom is 0.323 e. The summed E-state index contributed by atoms with van der Waals surface area (Å²) in [5.74, 6) is -4.77. The summed E-state index contributed by atoms with van der Waals surface area (Å²) in [6, 6.07) is -3.64. The molecule has 10 nitrogen and oxygen atoms in total. The van der Waals surface area contributed by atoms with Crippen LogP contribution in [-0.4, -0.2) is 51.3 Å². The predicted octanol–water partition coefficient (Wildman–Crippen LogP) is 1.26. The second kappa shape index (κ2) is 8.91. The van der Waals surface area contributed by atoms with E-state index in [-0.39, 0.29) is 5.95 Å². The number of nitrogens with one attached hydrogen (secondary N) is 1. The van der Waals surface area contributed by atoms with Gasteiger partial charge in [-0.3, -0.25) is 18.7 Å². The second-order valence-corrected chi connectivity index (χ2v) is 6.41. The smallest absolute Gasteiger partial charge is 0.323 e. The molecule has 2 aromatic heterocycles. The van der Waals surface area contributed by atoms with E-state index in [4.69, 9.17) is 24.1 Å². The van der Waals surface area contributed by atoms with Gasteiger partial charge in [-0.15, -0.1) is 0 Å². The van der Waals surface area contributed by atoms with Crippen molar-refractivity contribution in [3.8, 4) is 0 Å². The lowest BCUT2D eigenvalue weighted by molar-refractivity contribution is -0.151. The number of fused-ring (bicyclic) bond motifs is 1. The summed E-state index contributed by atoms with van der Waals surface area (Å²) < 4.78 is 124. The number of imidazole rings is 1. The van der Waals surface area contributed by atoms with Crippen molar-refractivity contribution in [3.05, 3.63) is 16.7 Å². The number of carbonyl (C=O) groups is 1. The molecular weight excluding hydrogens is 376 g/mol. The fraction of sp³-hybridized carbons (Fsp3) is 0.684. The molecule has 3 N–H and O–H groups in total. The molecule has 0 radical (unpaired) electrons. The third kappa shape index (κ3) is 4.59. The molecule has 0 aromatic carbocycles. The van der Waals surface area contributed by atoms with Gasteiger partial charge in [0.2, 0.25) is 5.95 Å². The van der Waals surface area contributed by atoms with Crippen LogP contribution in [0.3, 0.4) is 0 Å². The first-order valence-electron chi connectivity index (χ1n) is 15.2. The maximum absolute atomic E-state index is 13.3. The van der Waals surface area contributed by atoms with Crippen LogP contribution in [-0.2, 0) is 21.3 Å². The number of hydrogen-bond acceptors (Lipinski definition) is 8. The van der Waals surface area contributed by atoms with Crippen molar-refractivity contribution in [1.82, 2.24) is 19.1 Å². The normalized spacial score (nSPS) is 27.0. The third-order valence-electron chi connectivity index (χ3n) is 4.26. The molecule has 0 aliphatic rings. The van der Waals surface area contributed by atoms with Crippen LogP contribution in [0.5, 0.6) is 0 Å². The summed E-state index contributed by atoms with van der Waals surface area (Å²) in [6.07, 6.45) is -3.72. The number of anilines is 1. The first-order chi connectivity index (χ1) is 18.9. The number of aromatic nitrogens is 4. The van der Waals surface area contributed by atoms with Crippen LogP contribution >= 0.6 is 0 Å². The SMILES string of the molecule is [2H]c1nc2c(=O)n(C)c(N([2H])C)nc2n1C([2H])(C)OC([2H])([2H])C([2H])([2H])OC(=O)[C@@]([2H])(N([2H])[2H])C(C)(C([2H])([2H])[2H])C([2H])(C)C. The fourth-order valence-electron chi connectivity index (χ4n) is 2.09. The molecular formula is C19H32N6O4. The Morgan fingerprint density at radius 1 is 1.59 bits per heavy atom. The molecule has 0 fully saturated rings. The van der Waals surface area contributed by atoms with E-state index in [0.717, 1.165) is 32.3 Å². The molecule has 0 spiro atoms. The van der Waals surface area contributed by atoms with Crippen molar-refractivity contribution < 1.29 is 33.6 Å². The monoisotopic (exact) mass is 422 g/mol. The largest absolute Gasteiger partial charge is 0.462 e. The van der Waals surface area contributed by atoms with Crippen LogP contribution in [0.15, 0.2) is 11.1 Å². The van der Waals surface area contributed by atoms with E-state index < -0.39 is 78.2 Å². The van der Waals surface area contributed by atoms with Crippen LogP contribution in [0.4, 0.5) is 5.95 Å². The van der Waals surface area contributed by atoms with Crippen LogP contribution in [0.2, 0.25) is 4.24 Å². The summed E-state index contributed by atoms with van der Waals surface area (Å²) in [4.78, 5) is 33.7. The van der Waals surface area contributed by atoms with Gasteiger partial charge in [-0.1, -0.05) is 27.6 Å². The first kappa shape index (κ1) is 10.0. The van der Waals surface area contributed by atoms with E-state index in [0.29, 0.717) is 9.88 Å². The van der Waals surface area contributed by atoms with Crippen molar-refractivity contribution in [2.45, 2.75) is 46.8 Å². The van der Waals surface area contributed by atoms with Gasteiger partial charge in [0.05, 0.1) is 21.1 Å². The lowest BCUT2D eigenvalue weighted by atomic mass is 9.75. The molecule has 0 aliphatic heterocycles. The first-order valence-corrected chi connectivity index (χ1v) is 8.33. The molecule has 29 heavy (non-hydrogen) atoms. The topological polar surface area (TPSA) is 126 Å². The van der Waals surface area contributed by atoms with Crippen LogP contribution in [0.25, 0.3) is 11.2 Å². The standard InChI is InChI=1S/C19H32N6O4/c1-11(2)19(4,5)14(20)17(27)29-9-8-28-12(3)25-10-22-13-15(25)23-18(21-6)24(7)16(13)26/h10-12,14H,8-9,20H2,1-7H3,(H,21,23)/t12?,14-/m1/s1/i4D3,8D2,9D2,10D,11D,12D,14D/hD3/t12?,14-,19?. The number of nitrogens with two attached hydrogens (primary N) is 1. The highest BCUT2D eigenvalue weighted by Gasteiger charge is 2.35. The summed E-state index contributed by atoms with van der Waals surface area (Å²) in [6.45, 7) is -7.68. The van der Waals surface area contributed by atoms with E-state index in [1.54, 1.807) is 0 Å². The van der Waals surface area contributed by atoms with Gasteiger partial charge in [-0.25, -0.2) is 4.98 Å². The average Bonchev–Trinajstić information content (AvgIpc) is 3.14. The fourth-order valence-corrected chi connectivity index (χ4v) is 2.09. The number of carbonyl (C=O) groups excluding carboxylic acids is 1. The number of rotatable bonds is 10. The zero-order chi connectivity index (χ0) is 34.1. The van der Waals surface area contributed by atoms with Gasteiger partial charge in [0.25, 0.3) is 5.56 Å². The Morgan fingerprint density at radius 2 is 2.31 bits per heavy atom. The number of esters is 1. The third-order valence-corrected chi connectivity index (χ3v) is 4.26. The van der Waals surface area contributed by atoms with Gasteiger partial charge in [-0.2, -0.15) is 4.98 Å². The number of hydrogen-bond donors (Lipinski definition) is 2. The number of ether oxygens (including phenoxy) is 2. The molecule has 162 valence electrons. The molecule has 10 heteroatoms. The van der Waals surface area contributed by atoms with Gasteiger partial charge < -0.3 is 20.5 Å². The minimum absolute atomic E-state index is 0.279. The Bertz CT molecular complexity index is 1430. The van der Waals surface area contributed by atoms with E-state index in [1.807, 2.05) is 0 Å². The average molecular weight is 423 g/mol. The minimum atomic E-state index is -3.97. The van der Waals surface area contributed by atoms with Crippen molar-refractivity contribution in [2.24, 2.45) is 24.1 Å². The quantitative estimate of drug-likeness (QED) is 0.548. The van der Waals surface area contributed by atoms with Gasteiger partial charge in [0.1, 0.15) is 23.0 Å². The highest BCUT2D eigenvalue weighted by Crippen LogP contribution is 2.29. The zero-order valence-corrected chi connectivity index (χ0v) is 16.8. The Morgan fingerprint density at radius 3 is 2.90 bits per heavy atom. The molecule has 0 saturated carbocycles. The molecule has 2 aromatic rings. The van der Waals surface area contributed by atoms with Crippen LogP contribution < -0.4 is 16.6 Å². The Hall–Kier alpha value is -2.46. The Balaban J connectivity index is 2.63. The molecule has 0 aliphatic carbocycles. The lowest BCUT2D eigenvalue weighted by Gasteiger charge is -2.33. The summed E-state index contributed by atoms with van der Waals surface area (Å²) >= 11 is 0. The van der Waals surface area contributed by atoms with Crippen molar-refractivity contribution in [1.29, 1.82) is 0 Å². The maximum atomic E-state index is 13.3. The Labute approximate surface area is 190 Å². The summed E-state index contributed by atoms with van der Waals surface area (Å²) in [5, 5.41) is 0.682. The summed E-state index contributed by atoms with van der Waals surface area (Å²) in [5.41, 5.74) is -5.41. The molecule has 0 bridgehead atoms. The van der Waals surface area contributed by atoms with Crippen molar-refractivity contribution >= 4 is 23.1 Å². The molecule has 0 saturated heterocycles. The molecule has 0 amide bonds. The van der Waals surface area contributed by atoms with Crippen molar-refractivity contribution in [2.75, 3.05) is 25.5 Å². The minimum Gasteiger partial charge on any atom is -0.462 e. The predicted molar refractivity (Wildman–Crippen MR) is 111 cm³/mol. The lowest BCUT2D eigenvalue weighted by Crippen LogP contribution is -2.47. The van der Waals surface area contributed by atoms with Gasteiger partial charge in [0, 0.05) is 19.6 Å². The van der Waals surface area contributed by atoms with E-state index in [9.17, 15) is 9.59 Å². The number of nitrogens with zero attached hydrogens (tertiary/aromatic N) is 4. The second-order valence-electron chi connectivity index (χ2n) is 6.41. The van der Waals surface area contributed by atoms with Gasteiger partial charge >= 0.3 is 5.97 Å². The van der Waals surface area contributed by atoms with Crippen LogP contribution in [0, 0.1) is 11.3 Å².